The van der Waals surface area contributed by atoms with Gasteiger partial charge >= 0.3 is 6.18 Å². The van der Waals surface area contributed by atoms with Gasteiger partial charge in [0.1, 0.15) is 6.17 Å². The number of carbonyl (C=O) groups is 1. The number of fused-ring (bicyclic) bond motifs is 1. The van der Waals surface area contributed by atoms with E-state index in [0.29, 0.717) is 42.5 Å². The van der Waals surface area contributed by atoms with E-state index in [2.05, 4.69) is 32.2 Å². The van der Waals surface area contributed by atoms with Gasteiger partial charge in [0.05, 0.1) is 23.1 Å². The number of halogens is 4. The number of imidazole rings is 1. The van der Waals surface area contributed by atoms with Crippen molar-refractivity contribution in [1.82, 2.24) is 19.5 Å². The molecule has 1 aliphatic rings. The number of amides is 1. The highest BCUT2D eigenvalue weighted by Crippen LogP contribution is 2.31. The van der Waals surface area contributed by atoms with Crippen LogP contribution in [0.25, 0.3) is 11.0 Å². The second-order valence-corrected chi connectivity index (χ2v) is 8.39. The zero-order valence-corrected chi connectivity index (χ0v) is 19.2. The molecule has 1 aromatic carbocycles. The first-order valence-electron chi connectivity index (χ1n) is 11.1. The Morgan fingerprint density at radius 1 is 1.26 bits per heavy atom. The zero-order valence-electron chi connectivity index (χ0n) is 19.2. The van der Waals surface area contributed by atoms with Gasteiger partial charge in [-0.3, -0.25) is 4.79 Å². The van der Waals surface area contributed by atoms with Gasteiger partial charge in [0, 0.05) is 44.1 Å². The van der Waals surface area contributed by atoms with Crippen LogP contribution in [0.1, 0.15) is 24.5 Å². The summed E-state index contributed by atoms with van der Waals surface area (Å²) >= 11 is 0. The van der Waals surface area contributed by atoms with Crippen LogP contribution < -0.4 is 15.5 Å². The van der Waals surface area contributed by atoms with Crippen LogP contribution in [-0.2, 0) is 24.4 Å². The summed E-state index contributed by atoms with van der Waals surface area (Å²) in [6.45, 7) is 5.91. The Hall–Kier alpha value is -3.70. The average Bonchev–Trinajstić information content (AvgIpc) is 3.13. The summed E-state index contributed by atoms with van der Waals surface area (Å²) in [5.74, 6) is 0.208. The maximum atomic E-state index is 14.7. The molecule has 35 heavy (non-hydrogen) atoms. The molecule has 0 saturated carbocycles. The fourth-order valence-corrected chi connectivity index (χ4v) is 4.18. The minimum absolute atomic E-state index is 0.00255. The number of hydrogen-bond acceptors (Lipinski definition) is 6. The van der Waals surface area contributed by atoms with E-state index in [4.69, 9.17) is 0 Å². The number of nitrogens with zero attached hydrogens (tertiary/aromatic N) is 5. The monoisotopic (exact) mass is 491 g/mol. The lowest BCUT2D eigenvalue weighted by molar-refractivity contribution is -0.138. The van der Waals surface area contributed by atoms with E-state index >= 15 is 0 Å². The lowest BCUT2D eigenvalue weighted by Gasteiger charge is -2.35. The first-order chi connectivity index (χ1) is 16.6. The highest BCUT2D eigenvalue weighted by Gasteiger charge is 2.33. The summed E-state index contributed by atoms with van der Waals surface area (Å²) in [5, 5.41) is 5.73. The summed E-state index contributed by atoms with van der Waals surface area (Å²) in [6, 6.07) is 3.28. The van der Waals surface area contributed by atoms with Gasteiger partial charge < -0.3 is 20.1 Å². The summed E-state index contributed by atoms with van der Waals surface area (Å²) in [7, 11) is 1.83. The van der Waals surface area contributed by atoms with Crippen molar-refractivity contribution in [1.29, 1.82) is 0 Å². The molecule has 1 aliphatic heterocycles. The molecule has 0 unspecified atom stereocenters. The molecule has 3 aromatic rings. The SMILES string of the molecule is C=CC(=O)Nc1cc2nc(N3C[C@H](F)C[C@@H](Nc4ncc(C(F)(F)F)cn4)C3)n(C)c2cc1CC. The number of benzene rings is 1. The third-order valence-corrected chi connectivity index (χ3v) is 5.90. The van der Waals surface area contributed by atoms with Gasteiger partial charge in [-0.15, -0.1) is 0 Å². The van der Waals surface area contributed by atoms with Gasteiger partial charge in [-0.1, -0.05) is 13.5 Å². The van der Waals surface area contributed by atoms with E-state index < -0.39 is 24.0 Å². The first kappa shape index (κ1) is 24.4. The van der Waals surface area contributed by atoms with Gasteiger partial charge in [0.15, 0.2) is 0 Å². The summed E-state index contributed by atoms with van der Waals surface area (Å²) < 4.78 is 54.8. The van der Waals surface area contributed by atoms with E-state index in [0.717, 1.165) is 11.1 Å². The largest absolute Gasteiger partial charge is 0.419 e. The van der Waals surface area contributed by atoms with Crippen LogP contribution in [-0.4, -0.2) is 50.7 Å². The minimum Gasteiger partial charge on any atom is -0.350 e. The third-order valence-electron chi connectivity index (χ3n) is 5.90. The highest BCUT2D eigenvalue weighted by molar-refractivity contribution is 6.01. The number of nitrogens with one attached hydrogen (secondary N) is 2. The van der Waals surface area contributed by atoms with Gasteiger partial charge in [0.2, 0.25) is 17.8 Å². The summed E-state index contributed by atoms with van der Waals surface area (Å²) in [5.41, 5.74) is 2.06. The molecule has 1 saturated heterocycles. The molecule has 3 heterocycles. The van der Waals surface area contributed by atoms with Crippen LogP contribution in [0.4, 0.5) is 35.1 Å². The number of carbonyl (C=O) groups excluding carboxylic acids is 1. The Kier molecular flexibility index (Phi) is 6.64. The Labute approximate surface area is 199 Å². The van der Waals surface area contributed by atoms with E-state index in [-0.39, 0.29) is 24.8 Å². The number of rotatable bonds is 6. The summed E-state index contributed by atoms with van der Waals surface area (Å²) in [6.07, 6.45) is -2.30. The number of alkyl halides is 4. The highest BCUT2D eigenvalue weighted by atomic mass is 19.4. The zero-order chi connectivity index (χ0) is 25.3. The molecule has 0 aliphatic carbocycles. The molecule has 4 rings (SSSR count). The van der Waals surface area contributed by atoms with Crippen molar-refractivity contribution < 1.29 is 22.4 Å². The lowest BCUT2D eigenvalue weighted by Crippen LogP contribution is -2.48. The standard InChI is InChI=1S/C23H25F4N7O/c1-4-13-6-19-18(8-17(13)31-20(35)5-2)32-22(33(19)3)34-11-15(24)7-16(12-34)30-21-28-9-14(10-29-21)23(25,26)27/h5-6,8-10,15-16H,2,4,7,11-12H2,1,3H3,(H,31,35)(H,28,29,30)/t15-,16-/m1/s1. The van der Waals surface area contributed by atoms with Crippen LogP contribution in [0.2, 0.25) is 0 Å². The molecule has 0 bridgehead atoms. The number of aromatic nitrogens is 4. The lowest BCUT2D eigenvalue weighted by atomic mass is 10.0. The Balaban J connectivity index is 1.58. The van der Waals surface area contributed by atoms with Crippen LogP contribution in [0.5, 0.6) is 0 Å². The van der Waals surface area contributed by atoms with Crippen LogP contribution >= 0.6 is 0 Å². The topological polar surface area (TPSA) is 88.0 Å². The Morgan fingerprint density at radius 3 is 2.60 bits per heavy atom. The first-order valence-corrected chi connectivity index (χ1v) is 11.1. The number of aryl methyl sites for hydroxylation is 2. The molecule has 1 amide bonds. The van der Waals surface area contributed by atoms with Crippen molar-refractivity contribution in [2.75, 3.05) is 28.6 Å². The fourth-order valence-electron chi connectivity index (χ4n) is 4.18. The van der Waals surface area contributed by atoms with Crippen LogP contribution in [0, 0.1) is 0 Å². The molecule has 2 atom stereocenters. The number of anilines is 3. The van der Waals surface area contributed by atoms with E-state index in [1.807, 2.05) is 24.6 Å². The quantitative estimate of drug-likeness (QED) is 0.399. The molecule has 12 heteroatoms. The van der Waals surface area contributed by atoms with E-state index in [9.17, 15) is 22.4 Å². The Bertz CT molecular complexity index is 1240. The maximum absolute atomic E-state index is 14.7. The maximum Gasteiger partial charge on any atom is 0.419 e. The average molecular weight is 491 g/mol. The molecule has 0 radical (unpaired) electrons. The molecule has 0 spiro atoms. The van der Waals surface area contributed by atoms with Gasteiger partial charge in [-0.05, 0) is 30.2 Å². The van der Waals surface area contributed by atoms with Gasteiger partial charge in [0.25, 0.3) is 0 Å². The van der Waals surface area contributed by atoms with E-state index in [1.54, 1.807) is 11.0 Å². The minimum atomic E-state index is -4.53. The van der Waals surface area contributed by atoms with Crippen LogP contribution in [0.15, 0.2) is 37.2 Å². The third kappa shape index (κ3) is 5.20. The number of piperidine rings is 1. The molecule has 8 nitrogen and oxygen atoms in total. The molecule has 2 N–H and O–H groups in total. The Morgan fingerprint density at radius 2 is 1.97 bits per heavy atom. The van der Waals surface area contributed by atoms with Crippen molar-refractivity contribution >= 4 is 34.5 Å². The summed E-state index contributed by atoms with van der Waals surface area (Å²) in [4.78, 5) is 25.7. The van der Waals surface area contributed by atoms with Gasteiger partial charge in [-0.25, -0.2) is 19.3 Å². The van der Waals surface area contributed by atoms with Crippen molar-refractivity contribution in [3.63, 3.8) is 0 Å². The van der Waals surface area contributed by atoms with Crippen molar-refractivity contribution in [2.45, 2.75) is 38.2 Å². The number of hydrogen-bond donors (Lipinski definition) is 2. The smallest absolute Gasteiger partial charge is 0.350 e. The fraction of sp³-hybridized carbons (Fsp3) is 0.391. The van der Waals surface area contributed by atoms with Crippen molar-refractivity contribution in [3.8, 4) is 0 Å². The molecular weight excluding hydrogens is 466 g/mol. The van der Waals surface area contributed by atoms with Crippen LogP contribution in [0.3, 0.4) is 0 Å². The predicted molar refractivity (Wildman–Crippen MR) is 125 cm³/mol. The van der Waals surface area contributed by atoms with Gasteiger partial charge in [-0.2, -0.15) is 13.2 Å². The molecule has 1 fully saturated rings. The normalized spacial score (nSPS) is 18.5. The predicted octanol–water partition coefficient (Wildman–Crippen LogP) is 4.10. The molecule has 186 valence electrons. The van der Waals surface area contributed by atoms with Crippen molar-refractivity contribution in [3.05, 3.63) is 48.3 Å². The second kappa shape index (κ2) is 9.51. The van der Waals surface area contributed by atoms with Crippen molar-refractivity contribution in [2.24, 2.45) is 7.05 Å². The van der Waals surface area contributed by atoms with E-state index in [1.165, 1.54) is 6.08 Å². The molecular formula is C23H25F4N7O. The second-order valence-electron chi connectivity index (χ2n) is 8.39. The molecule has 2 aromatic heterocycles.